The Morgan fingerprint density at radius 1 is 1.37 bits per heavy atom. The number of hydrogen-bond donors (Lipinski definition) is 2. The molecule has 0 aliphatic carbocycles. The van der Waals surface area contributed by atoms with Crippen LogP contribution in [-0.4, -0.2) is 48.3 Å². The smallest absolute Gasteiger partial charge is 0.408 e. The number of carbonyl (C=O) groups excluding carboxylic acids is 1. The van der Waals surface area contributed by atoms with Crippen molar-refractivity contribution in [3.63, 3.8) is 0 Å². The van der Waals surface area contributed by atoms with E-state index in [1.807, 2.05) is 0 Å². The molecule has 7 heteroatoms. The van der Waals surface area contributed by atoms with Crippen LogP contribution in [0.15, 0.2) is 0 Å². The number of hydrogen-bond acceptors (Lipinski definition) is 5. The molecule has 1 aliphatic heterocycles. The lowest BCUT2D eigenvalue weighted by atomic mass is 10.1. The molecule has 1 aliphatic rings. The quantitative estimate of drug-likeness (QED) is 0.780. The Morgan fingerprint density at radius 3 is 2.42 bits per heavy atom. The molecule has 2 N–H and O–H groups in total. The van der Waals surface area contributed by atoms with Gasteiger partial charge >= 0.3 is 12.1 Å². The van der Waals surface area contributed by atoms with Crippen LogP contribution in [0, 0.1) is 0 Å². The van der Waals surface area contributed by atoms with Crippen molar-refractivity contribution >= 4 is 12.1 Å². The third-order valence-electron chi connectivity index (χ3n) is 2.37. The molecular formula is C12H21NO6. The zero-order chi connectivity index (χ0) is 14.5. The van der Waals surface area contributed by atoms with Crippen LogP contribution in [0.1, 0.15) is 33.6 Å². The Labute approximate surface area is 112 Å². The number of aliphatic carboxylic acids is 1. The van der Waals surface area contributed by atoms with Crippen molar-refractivity contribution in [3.8, 4) is 0 Å². The number of ether oxygens (including phenoxy) is 3. The zero-order valence-electron chi connectivity index (χ0n) is 11.5. The van der Waals surface area contributed by atoms with Gasteiger partial charge in [0, 0.05) is 6.42 Å². The summed E-state index contributed by atoms with van der Waals surface area (Å²) < 4.78 is 15.4. The van der Waals surface area contributed by atoms with Crippen LogP contribution in [0.3, 0.4) is 0 Å². The summed E-state index contributed by atoms with van der Waals surface area (Å²) in [5, 5.41) is 11.4. The minimum absolute atomic E-state index is 0.221. The fourth-order valence-corrected chi connectivity index (χ4v) is 1.58. The van der Waals surface area contributed by atoms with Crippen LogP contribution in [0.5, 0.6) is 0 Å². The number of carboxylic acids is 1. The van der Waals surface area contributed by atoms with E-state index in [4.69, 9.17) is 19.3 Å². The highest BCUT2D eigenvalue weighted by atomic mass is 16.7. The van der Waals surface area contributed by atoms with Gasteiger partial charge < -0.3 is 24.6 Å². The average Bonchev–Trinajstić information content (AvgIpc) is 2.73. The molecule has 1 heterocycles. The Morgan fingerprint density at radius 2 is 1.95 bits per heavy atom. The highest BCUT2D eigenvalue weighted by Gasteiger charge is 2.26. The maximum absolute atomic E-state index is 11.5. The van der Waals surface area contributed by atoms with Gasteiger partial charge in [0.1, 0.15) is 11.6 Å². The van der Waals surface area contributed by atoms with E-state index in [0.717, 1.165) is 0 Å². The summed E-state index contributed by atoms with van der Waals surface area (Å²) in [5.74, 6) is -1.11. The van der Waals surface area contributed by atoms with Gasteiger partial charge in [-0.15, -0.1) is 0 Å². The summed E-state index contributed by atoms with van der Waals surface area (Å²) >= 11 is 0. The highest BCUT2D eigenvalue weighted by Crippen LogP contribution is 2.13. The van der Waals surface area contributed by atoms with Crippen LogP contribution in [0.25, 0.3) is 0 Å². The lowest BCUT2D eigenvalue weighted by Gasteiger charge is -2.22. The van der Waals surface area contributed by atoms with Gasteiger partial charge in [-0.25, -0.2) is 9.59 Å². The molecule has 1 amide bonds. The number of rotatable bonds is 5. The van der Waals surface area contributed by atoms with Gasteiger partial charge in [-0.1, -0.05) is 0 Å². The molecule has 0 bridgehead atoms. The SMILES string of the molecule is CC(C)(C)OC(=O)N[C@@H](CCC1OCCO1)C(=O)O. The third kappa shape index (κ3) is 6.40. The van der Waals surface area contributed by atoms with Crippen LogP contribution >= 0.6 is 0 Å². The highest BCUT2D eigenvalue weighted by molar-refractivity contribution is 5.79. The van der Waals surface area contributed by atoms with Crippen molar-refractivity contribution in [3.05, 3.63) is 0 Å². The molecule has 0 aromatic heterocycles. The summed E-state index contributed by atoms with van der Waals surface area (Å²) in [5.41, 5.74) is -0.662. The van der Waals surface area contributed by atoms with Crippen molar-refractivity contribution < 1.29 is 28.9 Å². The summed E-state index contributed by atoms with van der Waals surface area (Å²) in [4.78, 5) is 22.6. The van der Waals surface area contributed by atoms with Crippen LogP contribution < -0.4 is 5.32 Å². The largest absolute Gasteiger partial charge is 0.480 e. The summed E-state index contributed by atoms with van der Waals surface area (Å²) in [6.45, 7) is 6.16. The first-order valence-electron chi connectivity index (χ1n) is 6.23. The molecule has 1 atom stereocenters. The first-order valence-corrected chi connectivity index (χ1v) is 6.23. The second-order valence-electron chi connectivity index (χ2n) is 5.29. The maximum atomic E-state index is 11.5. The second-order valence-corrected chi connectivity index (χ2v) is 5.29. The van der Waals surface area contributed by atoms with E-state index < -0.39 is 23.7 Å². The molecular weight excluding hydrogens is 254 g/mol. The van der Waals surface area contributed by atoms with E-state index in [-0.39, 0.29) is 12.7 Å². The van der Waals surface area contributed by atoms with Gasteiger partial charge in [-0.05, 0) is 27.2 Å². The predicted molar refractivity (Wildman–Crippen MR) is 65.7 cm³/mol. The first kappa shape index (κ1) is 15.7. The molecule has 0 aromatic carbocycles. The predicted octanol–water partition coefficient (Wildman–Crippen LogP) is 1.12. The summed E-state index contributed by atoms with van der Waals surface area (Å²) in [7, 11) is 0. The van der Waals surface area contributed by atoms with Crippen molar-refractivity contribution in [2.24, 2.45) is 0 Å². The second kappa shape index (κ2) is 6.72. The fraction of sp³-hybridized carbons (Fsp3) is 0.833. The lowest BCUT2D eigenvalue weighted by molar-refractivity contribution is -0.140. The third-order valence-corrected chi connectivity index (χ3v) is 2.37. The van der Waals surface area contributed by atoms with Gasteiger partial charge in [0.15, 0.2) is 6.29 Å². The Bertz CT molecular complexity index is 319. The Balaban J connectivity index is 2.39. The molecule has 110 valence electrons. The number of carboxylic acid groups (broad SMARTS) is 1. The van der Waals surface area contributed by atoms with E-state index in [0.29, 0.717) is 19.6 Å². The van der Waals surface area contributed by atoms with E-state index in [9.17, 15) is 9.59 Å². The van der Waals surface area contributed by atoms with E-state index in [2.05, 4.69) is 5.32 Å². The molecule has 0 unspecified atom stereocenters. The van der Waals surface area contributed by atoms with Gasteiger partial charge in [0.2, 0.25) is 0 Å². The normalized spacial score (nSPS) is 18.1. The van der Waals surface area contributed by atoms with Crippen molar-refractivity contribution in [1.82, 2.24) is 5.32 Å². The van der Waals surface area contributed by atoms with Gasteiger partial charge in [0.05, 0.1) is 13.2 Å². The Kier molecular flexibility index (Phi) is 5.56. The summed E-state index contributed by atoms with van der Waals surface area (Å²) in [6.07, 6.45) is -0.498. The number of nitrogens with one attached hydrogen (secondary N) is 1. The first-order chi connectivity index (χ1) is 8.78. The molecule has 1 rings (SSSR count). The molecule has 7 nitrogen and oxygen atoms in total. The number of alkyl carbamates (subject to hydrolysis) is 1. The molecule has 0 radical (unpaired) electrons. The van der Waals surface area contributed by atoms with Gasteiger partial charge in [0.25, 0.3) is 0 Å². The van der Waals surface area contributed by atoms with E-state index in [1.54, 1.807) is 20.8 Å². The van der Waals surface area contributed by atoms with Crippen molar-refractivity contribution in [2.75, 3.05) is 13.2 Å². The lowest BCUT2D eigenvalue weighted by Crippen LogP contribution is -2.43. The van der Waals surface area contributed by atoms with E-state index >= 15 is 0 Å². The molecule has 0 spiro atoms. The van der Waals surface area contributed by atoms with E-state index in [1.165, 1.54) is 0 Å². The Hall–Kier alpha value is -1.34. The topological polar surface area (TPSA) is 94.1 Å². The molecule has 0 aromatic rings. The average molecular weight is 275 g/mol. The maximum Gasteiger partial charge on any atom is 0.408 e. The number of amides is 1. The van der Waals surface area contributed by atoms with Crippen LogP contribution in [0.2, 0.25) is 0 Å². The standard InChI is InChI=1S/C12H21NO6/c1-12(2,3)19-11(16)13-8(10(14)15)4-5-9-17-6-7-18-9/h8-9H,4-7H2,1-3H3,(H,13,16)(H,14,15)/t8-/m0/s1. The van der Waals surface area contributed by atoms with Crippen LogP contribution in [-0.2, 0) is 19.0 Å². The fourth-order valence-electron chi connectivity index (χ4n) is 1.58. The monoisotopic (exact) mass is 275 g/mol. The minimum Gasteiger partial charge on any atom is -0.480 e. The zero-order valence-corrected chi connectivity index (χ0v) is 11.5. The molecule has 0 saturated carbocycles. The molecule has 1 fully saturated rings. The minimum atomic E-state index is -1.11. The van der Waals surface area contributed by atoms with Gasteiger partial charge in [-0.3, -0.25) is 0 Å². The summed E-state index contributed by atoms with van der Waals surface area (Å²) in [6, 6.07) is -1.01. The van der Waals surface area contributed by atoms with Gasteiger partial charge in [-0.2, -0.15) is 0 Å². The van der Waals surface area contributed by atoms with Crippen molar-refractivity contribution in [1.29, 1.82) is 0 Å². The van der Waals surface area contributed by atoms with Crippen LogP contribution in [0.4, 0.5) is 4.79 Å². The van der Waals surface area contributed by atoms with Crippen molar-refractivity contribution in [2.45, 2.75) is 51.5 Å². The molecule has 1 saturated heterocycles. The molecule has 19 heavy (non-hydrogen) atoms. The number of carbonyl (C=O) groups is 2.